The molecule has 0 radical (unpaired) electrons. The Morgan fingerprint density at radius 3 is 2.64 bits per heavy atom. The highest BCUT2D eigenvalue weighted by atomic mass is 16.5. The van der Waals surface area contributed by atoms with Crippen LogP contribution in [0.1, 0.15) is 31.7 Å². The summed E-state index contributed by atoms with van der Waals surface area (Å²) in [5.41, 5.74) is 1.18. The molecular weight excluding hydrogens is 172 g/mol. The van der Waals surface area contributed by atoms with Crippen LogP contribution in [-0.2, 0) is 4.74 Å². The molecule has 14 heavy (non-hydrogen) atoms. The van der Waals surface area contributed by atoms with Gasteiger partial charge in [0.25, 0.3) is 0 Å². The molecule has 0 fully saturated rings. The Hall–Kier alpha value is -1.24. The van der Waals surface area contributed by atoms with Crippen LogP contribution in [0.5, 0.6) is 0 Å². The highest BCUT2D eigenvalue weighted by Crippen LogP contribution is 2.01. The summed E-state index contributed by atoms with van der Waals surface area (Å²) < 4.78 is 5.36. The summed E-state index contributed by atoms with van der Waals surface area (Å²) in [6.45, 7) is 3.02. The van der Waals surface area contributed by atoms with E-state index >= 15 is 0 Å². The van der Waals surface area contributed by atoms with Crippen molar-refractivity contribution in [3.63, 3.8) is 0 Å². The third-order valence-electron chi connectivity index (χ3n) is 2.02. The fraction of sp³-hybridized carbons (Fsp3) is 0.385. The molecule has 0 aromatic heterocycles. The Balaban J connectivity index is 2.15. The van der Waals surface area contributed by atoms with Crippen LogP contribution in [0.2, 0.25) is 0 Å². The van der Waals surface area contributed by atoms with E-state index in [1.165, 1.54) is 18.4 Å². The van der Waals surface area contributed by atoms with Crippen LogP contribution < -0.4 is 0 Å². The van der Waals surface area contributed by atoms with Gasteiger partial charge in [-0.2, -0.15) is 0 Å². The summed E-state index contributed by atoms with van der Waals surface area (Å²) in [7, 11) is 0. The number of ether oxygens (including phenoxy) is 1. The average Bonchev–Trinajstić information content (AvgIpc) is 2.25. The maximum Gasteiger partial charge on any atom is 0.0873 e. The smallest absolute Gasteiger partial charge is 0.0873 e. The van der Waals surface area contributed by atoms with Gasteiger partial charge in [0, 0.05) is 0 Å². The molecule has 0 aliphatic carbocycles. The standard InChI is InChI=1S/C13H18O/c1-2-3-7-11-14-12-10-13-8-5-4-6-9-13/h4-6,8-10,12H,2-3,7,11H2,1H3/b12-10+. The molecule has 0 bridgehead atoms. The zero-order chi connectivity index (χ0) is 10.1. The minimum atomic E-state index is 0.831. The van der Waals surface area contributed by atoms with Gasteiger partial charge in [-0.15, -0.1) is 0 Å². The van der Waals surface area contributed by atoms with Crippen molar-refractivity contribution in [2.75, 3.05) is 6.61 Å². The highest BCUT2D eigenvalue weighted by molar-refractivity contribution is 5.47. The molecule has 0 saturated heterocycles. The molecule has 1 rings (SSSR count). The number of hydrogen-bond acceptors (Lipinski definition) is 1. The van der Waals surface area contributed by atoms with Gasteiger partial charge in [0.2, 0.25) is 0 Å². The first-order valence-corrected chi connectivity index (χ1v) is 5.26. The van der Waals surface area contributed by atoms with Gasteiger partial charge in [-0.3, -0.25) is 0 Å². The minimum absolute atomic E-state index is 0.831. The van der Waals surface area contributed by atoms with E-state index in [0.717, 1.165) is 13.0 Å². The Labute approximate surface area is 86.4 Å². The molecule has 1 nitrogen and oxygen atoms in total. The minimum Gasteiger partial charge on any atom is -0.501 e. The van der Waals surface area contributed by atoms with Crippen LogP contribution >= 0.6 is 0 Å². The van der Waals surface area contributed by atoms with E-state index in [4.69, 9.17) is 4.74 Å². The topological polar surface area (TPSA) is 9.23 Å². The molecule has 0 spiro atoms. The van der Waals surface area contributed by atoms with E-state index in [1.807, 2.05) is 24.3 Å². The molecule has 0 aliphatic heterocycles. The fourth-order valence-electron chi connectivity index (χ4n) is 1.19. The zero-order valence-corrected chi connectivity index (χ0v) is 8.78. The first kappa shape index (κ1) is 10.8. The van der Waals surface area contributed by atoms with Crippen molar-refractivity contribution in [2.24, 2.45) is 0 Å². The second-order valence-corrected chi connectivity index (χ2v) is 3.29. The SMILES string of the molecule is CCCCCO/C=C/c1ccccc1. The van der Waals surface area contributed by atoms with Crippen LogP contribution in [0.25, 0.3) is 6.08 Å². The molecule has 0 N–H and O–H groups in total. The molecule has 0 aliphatic rings. The number of hydrogen-bond donors (Lipinski definition) is 0. The Morgan fingerprint density at radius 1 is 1.14 bits per heavy atom. The molecule has 0 heterocycles. The van der Waals surface area contributed by atoms with Crippen LogP contribution in [0, 0.1) is 0 Å². The molecule has 0 saturated carbocycles. The van der Waals surface area contributed by atoms with E-state index in [2.05, 4.69) is 19.1 Å². The Kier molecular flexibility index (Phi) is 5.57. The second kappa shape index (κ2) is 7.19. The normalized spacial score (nSPS) is 10.6. The molecule has 0 atom stereocenters. The average molecular weight is 190 g/mol. The second-order valence-electron chi connectivity index (χ2n) is 3.29. The van der Waals surface area contributed by atoms with E-state index in [-0.39, 0.29) is 0 Å². The van der Waals surface area contributed by atoms with Crippen LogP contribution in [0.15, 0.2) is 36.6 Å². The molecule has 0 amide bonds. The number of rotatable bonds is 6. The van der Waals surface area contributed by atoms with Gasteiger partial charge in [0.15, 0.2) is 0 Å². The molecular formula is C13H18O. The Bertz CT molecular complexity index is 251. The maximum atomic E-state index is 5.36. The lowest BCUT2D eigenvalue weighted by Gasteiger charge is -1.98. The lowest BCUT2D eigenvalue weighted by atomic mass is 10.2. The lowest BCUT2D eigenvalue weighted by Crippen LogP contribution is -1.86. The molecule has 1 aromatic rings. The van der Waals surface area contributed by atoms with Crippen molar-refractivity contribution in [1.82, 2.24) is 0 Å². The van der Waals surface area contributed by atoms with Crippen molar-refractivity contribution < 1.29 is 4.74 Å². The van der Waals surface area contributed by atoms with E-state index < -0.39 is 0 Å². The highest BCUT2D eigenvalue weighted by Gasteiger charge is 1.84. The predicted molar refractivity (Wildman–Crippen MR) is 61.0 cm³/mol. The van der Waals surface area contributed by atoms with E-state index in [9.17, 15) is 0 Å². The van der Waals surface area contributed by atoms with Gasteiger partial charge in [-0.25, -0.2) is 0 Å². The van der Waals surface area contributed by atoms with Gasteiger partial charge in [0.05, 0.1) is 12.9 Å². The van der Waals surface area contributed by atoms with Gasteiger partial charge in [-0.05, 0) is 18.1 Å². The van der Waals surface area contributed by atoms with Crippen molar-refractivity contribution in [3.8, 4) is 0 Å². The van der Waals surface area contributed by atoms with Crippen LogP contribution in [0.3, 0.4) is 0 Å². The third-order valence-corrected chi connectivity index (χ3v) is 2.02. The molecule has 76 valence electrons. The third kappa shape index (κ3) is 4.70. The molecule has 1 heteroatoms. The van der Waals surface area contributed by atoms with Crippen molar-refractivity contribution in [3.05, 3.63) is 42.2 Å². The van der Waals surface area contributed by atoms with Gasteiger partial charge in [0.1, 0.15) is 0 Å². The quantitative estimate of drug-likeness (QED) is 0.489. The van der Waals surface area contributed by atoms with Crippen LogP contribution in [-0.4, -0.2) is 6.61 Å². The first-order chi connectivity index (χ1) is 6.93. The van der Waals surface area contributed by atoms with Crippen LogP contribution in [0.4, 0.5) is 0 Å². The summed E-state index contributed by atoms with van der Waals surface area (Å²) >= 11 is 0. The van der Waals surface area contributed by atoms with E-state index in [1.54, 1.807) is 6.26 Å². The van der Waals surface area contributed by atoms with Gasteiger partial charge in [-0.1, -0.05) is 50.1 Å². The van der Waals surface area contributed by atoms with Gasteiger partial charge >= 0.3 is 0 Å². The summed E-state index contributed by atoms with van der Waals surface area (Å²) in [5, 5.41) is 0. The van der Waals surface area contributed by atoms with E-state index in [0.29, 0.717) is 0 Å². The maximum absolute atomic E-state index is 5.36. The molecule has 0 unspecified atom stereocenters. The molecule has 1 aromatic carbocycles. The lowest BCUT2D eigenvalue weighted by molar-refractivity contribution is 0.244. The van der Waals surface area contributed by atoms with Crippen molar-refractivity contribution >= 4 is 6.08 Å². The van der Waals surface area contributed by atoms with Crippen molar-refractivity contribution in [2.45, 2.75) is 26.2 Å². The van der Waals surface area contributed by atoms with Gasteiger partial charge < -0.3 is 4.74 Å². The largest absolute Gasteiger partial charge is 0.501 e. The zero-order valence-electron chi connectivity index (χ0n) is 8.78. The Morgan fingerprint density at radius 2 is 1.93 bits per heavy atom. The fourth-order valence-corrected chi connectivity index (χ4v) is 1.19. The first-order valence-electron chi connectivity index (χ1n) is 5.26. The number of unbranched alkanes of at least 4 members (excludes halogenated alkanes) is 2. The predicted octanol–water partition coefficient (Wildman–Crippen LogP) is 3.86. The van der Waals surface area contributed by atoms with Crippen molar-refractivity contribution in [1.29, 1.82) is 0 Å². The summed E-state index contributed by atoms with van der Waals surface area (Å²) in [4.78, 5) is 0. The number of benzene rings is 1. The summed E-state index contributed by atoms with van der Waals surface area (Å²) in [6.07, 6.45) is 7.41. The summed E-state index contributed by atoms with van der Waals surface area (Å²) in [6, 6.07) is 10.2. The summed E-state index contributed by atoms with van der Waals surface area (Å²) in [5.74, 6) is 0. The monoisotopic (exact) mass is 190 g/mol.